The Hall–Kier alpha value is -7.17. The van der Waals surface area contributed by atoms with E-state index in [-0.39, 0.29) is 0 Å². The fraction of sp³-hybridized carbons (Fsp3) is 0. The number of aromatic nitrogens is 4. The molecule has 4 nitrogen and oxygen atoms in total. The number of nitrogens with zero attached hydrogens (tertiary/aromatic N) is 4. The lowest BCUT2D eigenvalue weighted by Gasteiger charge is -2.15. The van der Waals surface area contributed by atoms with E-state index >= 15 is 0 Å². The van der Waals surface area contributed by atoms with Crippen LogP contribution in [-0.4, -0.2) is 19.5 Å². The number of para-hydroxylation sites is 2. The molecule has 0 fully saturated rings. The highest BCUT2D eigenvalue weighted by Gasteiger charge is 2.27. The van der Waals surface area contributed by atoms with Gasteiger partial charge in [-0.3, -0.25) is 4.57 Å². The van der Waals surface area contributed by atoms with Crippen LogP contribution < -0.4 is 0 Å². The minimum absolute atomic E-state index is 0.647. The molecule has 1 aliphatic carbocycles. The quantitative estimate of drug-likeness (QED) is 0.187. The van der Waals surface area contributed by atoms with Crippen molar-refractivity contribution in [1.29, 1.82) is 0 Å². The first kappa shape index (κ1) is 29.5. The molecule has 3 aromatic heterocycles. The molecular weight excluding hydrogens is 645 g/mol. The van der Waals surface area contributed by atoms with Crippen LogP contribution in [-0.2, 0) is 0 Å². The number of benzene rings is 7. The summed E-state index contributed by atoms with van der Waals surface area (Å²) in [5.41, 5.74) is 16.0. The van der Waals surface area contributed by atoms with E-state index in [1.54, 1.807) is 0 Å². The van der Waals surface area contributed by atoms with Gasteiger partial charge in [-0.25, -0.2) is 15.0 Å². The molecule has 0 N–H and O–H groups in total. The summed E-state index contributed by atoms with van der Waals surface area (Å²) in [6.45, 7) is 0. The van der Waals surface area contributed by atoms with E-state index in [2.05, 4.69) is 174 Å². The van der Waals surface area contributed by atoms with E-state index in [0.29, 0.717) is 5.95 Å². The van der Waals surface area contributed by atoms with Gasteiger partial charge in [0, 0.05) is 44.0 Å². The van der Waals surface area contributed by atoms with Crippen LogP contribution in [0.2, 0.25) is 0 Å². The Morgan fingerprint density at radius 3 is 1.49 bits per heavy atom. The minimum Gasteiger partial charge on any atom is -0.278 e. The maximum Gasteiger partial charge on any atom is 0.235 e. The van der Waals surface area contributed by atoms with Crippen LogP contribution in [0.1, 0.15) is 0 Å². The number of rotatable bonds is 4. The fourth-order valence-corrected chi connectivity index (χ4v) is 8.17. The molecule has 0 radical (unpaired) electrons. The van der Waals surface area contributed by atoms with Crippen molar-refractivity contribution in [2.45, 2.75) is 0 Å². The average molecular weight is 675 g/mol. The Morgan fingerprint density at radius 1 is 0.302 bits per heavy atom. The van der Waals surface area contributed by atoms with Crippen molar-refractivity contribution in [1.82, 2.24) is 19.5 Å². The first-order valence-electron chi connectivity index (χ1n) is 18.0. The van der Waals surface area contributed by atoms with Crippen molar-refractivity contribution in [2.75, 3.05) is 0 Å². The lowest BCUT2D eigenvalue weighted by atomic mass is 9.91. The summed E-state index contributed by atoms with van der Waals surface area (Å²) in [5.74, 6) is 0.647. The zero-order valence-corrected chi connectivity index (χ0v) is 28.6. The molecule has 0 saturated heterocycles. The van der Waals surface area contributed by atoms with E-state index in [9.17, 15) is 0 Å². The maximum atomic E-state index is 5.53. The fourth-order valence-electron chi connectivity index (χ4n) is 8.17. The largest absolute Gasteiger partial charge is 0.278 e. The third kappa shape index (κ3) is 4.59. The van der Waals surface area contributed by atoms with Gasteiger partial charge in [0.25, 0.3) is 0 Å². The van der Waals surface area contributed by atoms with Crippen LogP contribution in [0.5, 0.6) is 0 Å². The Bertz CT molecular complexity index is 3040. The van der Waals surface area contributed by atoms with Gasteiger partial charge in [-0.1, -0.05) is 152 Å². The number of hydrogen-bond donors (Lipinski definition) is 0. The zero-order chi connectivity index (χ0) is 34.9. The summed E-state index contributed by atoms with van der Waals surface area (Å²) in [5, 5.41) is 3.32. The van der Waals surface area contributed by atoms with Gasteiger partial charge in [-0.2, -0.15) is 0 Å². The lowest BCUT2D eigenvalue weighted by Crippen LogP contribution is -2.03. The van der Waals surface area contributed by atoms with Gasteiger partial charge in [0.15, 0.2) is 0 Å². The van der Waals surface area contributed by atoms with Gasteiger partial charge in [0.05, 0.1) is 33.6 Å². The second-order valence-electron chi connectivity index (χ2n) is 13.6. The van der Waals surface area contributed by atoms with E-state index in [4.69, 9.17) is 15.0 Å². The van der Waals surface area contributed by atoms with Crippen LogP contribution in [0.25, 0.3) is 106 Å². The molecule has 0 atom stereocenters. The summed E-state index contributed by atoms with van der Waals surface area (Å²) in [4.78, 5) is 16.1. The van der Waals surface area contributed by atoms with Crippen molar-refractivity contribution < 1.29 is 0 Å². The number of fused-ring (bicyclic) bond motifs is 11. The smallest absolute Gasteiger partial charge is 0.235 e. The van der Waals surface area contributed by atoms with Crippen molar-refractivity contribution in [3.63, 3.8) is 0 Å². The van der Waals surface area contributed by atoms with Crippen LogP contribution >= 0.6 is 0 Å². The first-order chi connectivity index (χ1) is 26.3. The van der Waals surface area contributed by atoms with Gasteiger partial charge in [-0.15, -0.1) is 0 Å². The molecule has 0 saturated carbocycles. The lowest BCUT2D eigenvalue weighted by molar-refractivity contribution is 1.01. The van der Waals surface area contributed by atoms with Crippen LogP contribution in [0.15, 0.2) is 182 Å². The van der Waals surface area contributed by atoms with Crippen LogP contribution in [0, 0.1) is 0 Å². The molecule has 10 aromatic rings. The number of hydrogen-bond acceptors (Lipinski definition) is 3. The van der Waals surface area contributed by atoms with E-state index in [1.807, 2.05) is 12.1 Å². The normalized spacial score (nSPS) is 11.8. The second-order valence-corrected chi connectivity index (χ2v) is 13.6. The van der Waals surface area contributed by atoms with Crippen molar-refractivity contribution in [3.8, 4) is 73.1 Å². The van der Waals surface area contributed by atoms with Gasteiger partial charge >= 0.3 is 0 Å². The van der Waals surface area contributed by atoms with Gasteiger partial charge in [0.1, 0.15) is 0 Å². The highest BCUT2D eigenvalue weighted by molar-refractivity contribution is 6.14. The maximum absolute atomic E-state index is 5.53. The third-order valence-electron chi connectivity index (χ3n) is 10.6. The predicted octanol–water partition coefficient (Wildman–Crippen LogP) is 12.4. The van der Waals surface area contributed by atoms with Crippen LogP contribution in [0.3, 0.4) is 0 Å². The molecule has 0 spiro atoms. The van der Waals surface area contributed by atoms with Gasteiger partial charge < -0.3 is 0 Å². The molecule has 3 heterocycles. The number of pyridine rings is 1. The second kappa shape index (κ2) is 11.7. The molecule has 246 valence electrons. The standard InChI is InChI=1S/C49H30N4/c1-4-16-31(17-5-1)46-37-25-12-14-26-43(37)50-49(52-46)53-44-27-15-13-24-36(44)40-28-38-39(30-45(40)53)34-22-10-11-23-35(34)41-29-42(38)48(33-20-8-3-9-21-33)51-47(41)32-18-6-2-7-19-32/h1-30H. The molecule has 53 heavy (non-hydrogen) atoms. The van der Waals surface area contributed by atoms with Gasteiger partial charge in [-0.05, 0) is 52.6 Å². The summed E-state index contributed by atoms with van der Waals surface area (Å²) in [7, 11) is 0. The Morgan fingerprint density at radius 2 is 0.811 bits per heavy atom. The monoisotopic (exact) mass is 674 g/mol. The predicted molar refractivity (Wildman–Crippen MR) is 218 cm³/mol. The molecule has 7 aromatic carbocycles. The summed E-state index contributed by atoms with van der Waals surface area (Å²) in [6, 6.07) is 64.3. The van der Waals surface area contributed by atoms with E-state index < -0.39 is 0 Å². The third-order valence-corrected chi connectivity index (χ3v) is 10.6. The van der Waals surface area contributed by atoms with Crippen LogP contribution in [0.4, 0.5) is 0 Å². The van der Waals surface area contributed by atoms with Gasteiger partial charge in [0.2, 0.25) is 5.95 Å². The Kier molecular flexibility index (Phi) is 6.52. The van der Waals surface area contributed by atoms with E-state index in [0.717, 1.165) is 94.3 Å². The molecule has 4 heteroatoms. The zero-order valence-electron chi connectivity index (χ0n) is 28.6. The molecule has 0 amide bonds. The molecule has 0 aliphatic heterocycles. The average Bonchev–Trinajstić information content (AvgIpc) is 3.51. The SMILES string of the molecule is c1ccc(-c2nc(-c3ccccc3)c3cc2-c2ccccc2-c2cc4c(cc2-3)c2ccccc2n4-c2nc(-c3ccccc3)c3ccccc3n2)cc1. The molecule has 2 bridgehead atoms. The highest BCUT2D eigenvalue weighted by Crippen LogP contribution is 2.50. The minimum atomic E-state index is 0.647. The highest BCUT2D eigenvalue weighted by atomic mass is 15.2. The van der Waals surface area contributed by atoms with Crippen molar-refractivity contribution in [2.24, 2.45) is 0 Å². The molecule has 11 rings (SSSR count). The Labute approximate surface area is 306 Å². The van der Waals surface area contributed by atoms with E-state index in [1.165, 1.54) is 5.56 Å². The molecular formula is C49H30N4. The van der Waals surface area contributed by atoms with Crippen molar-refractivity contribution in [3.05, 3.63) is 182 Å². The van der Waals surface area contributed by atoms with Crippen molar-refractivity contribution >= 4 is 32.7 Å². The summed E-state index contributed by atoms with van der Waals surface area (Å²) >= 11 is 0. The first-order valence-corrected chi connectivity index (χ1v) is 18.0. The molecule has 0 unspecified atom stereocenters. The topological polar surface area (TPSA) is 43.6 Å². The molecule has 1 aliphatic rings. The summed E-state index contributed by atoms with van der Waals surface area (Å²) in [6.07, 6.45) is 0. The Balaban J connectivity index is 1.26. The summed E-state index contributed by atoms with van der Waals surface area (Å²) < 4.78 is 2.25.